The lowest BCUT2D eigenvalue weighted by Gasteiger charge is -2.12. The fourth-order valence-electron chi connectivity index (χ4n) is 1.68. The molecule has 0 saturated carbocycles. The molecule has 1 atom stereocenters. The Labute approximate surface area is 114 Å². The number of nitrogens with one attached hydrogen (secondary N) is 1. The van der Waals surface area contributed by atoms with Gasteiger partial charge in [0.25, 0.3) is 5.91 Å². The second-order valence-corrected chi connectivity index (χ2v) is 4.37. The zero-order chi connectivity index (χ0) is 14.0. The lowest BCUT2D eigenvalue weighted by Crippen LogP contribution is -2.40. The molecule has 1 aliphatic heterocycles. The summed E-state index contributed by atoms with van der Waals surface area (Å²) in [5.74, 6) is -0.832. The Morgan fingerprint density at radius 1 is 1.47 bits per heavy atom. The van der Waals surface area contributed by atoms with Crippen LogP contribution in [0.4, 0.5) is 0 Å². The quantitative estimate of drug-likeness (QED) is 0.879. The normalized spacial score (nSPS) is 14.0. The summed E-state index contributed by atoms with van der Waals surface area (Å²) in [7, 11) is 0. The summed E-state index contributed by atoms with van der Waals surface area (Å²) in [5, 5.41) is 11.6. The average molecular weight is 286 g/mol. The number of rotatable bonds is 4. The van der Waals surface area contributed by atoms with Crippen LogP contribution in [-0.4, -0.2) is 29.8 Å². The second kappa shape index (κ2) is 5.36. The number of fused-ring (bicyclic) bond motifs is 1. The number of halogens is 1. The Hall–Kier alpha value is -1.95. The molecule has 1 heterocycles. The van der Waals surface area contributed by atoms with Crippen molar-refractivity contribution in [2.45, 2.75) is 19.4 Å². The molecule has 6 nitrogen and oxygen atoms in total. The van der Waals surface area contributed by atoms with Gasteiger partial charge in [-0.15, -0.1) is 0 Å². The molecule has 0 fully saturated rings. The van der Waals surface area contributed by atoms with Crippen molar-refractivity contribution in [1.29, 1.82) is 0 Å². The Balaban J connectivity index is 2.20. The van der Waals surface area contributed by atoms with E-state index in [1.165, 1.54) is 12.1 Å². The number of hydrogen-bond acceptors (Lipinski definition) is 4. The van der Waals surface area contributed by atoms with Gasteiger partial charge in [0.15, 0.2) is 11.5 Å². The number of ether oxygens (including phenoxy) is 2. The molecule has 0 saturated heterocycles. The van der Waals surface area contributed by atoms with Crippen molar-refractivity contribution in [2.24, 2.45) is 0 Å². The molecule has 1 aliphatic rings. The van der Waals surface area contributed by atoms with E-state index in [9.17, 15) is 9.59 Å². The van der Waals surface area contributed by atoms with Gasteiger partial charge in [-0.25, -0.2) is 4.79 Å². The molecule has 102 valence electrons. The number of carbonyl (C=O) groups is 2. The van der Waals surface area contributed by atoms with Gasteiger partial charge in [0.1, 0.15) is 6.04 Å². The number of carboxylic acid groups (broad SMARTS) is 1. The number of hydrogen-bond donors (Lipinski definition) is 2. The maximum atomic E-state index is 11.9. The van der Waals surface area contributed by atoms with Gasteiger partial charge in [-0.3, -0.25) is 4.79 Å². The van der Waals surface area contributed by atoms with E-state index < -0.39 is 17.9 Å². The van der Waals surface area contributed by atoms with Crippen LogP contribution < -0.4 is 14.8 Å². The van der Waals surface area contributed by atoms with Gasteiger partial charge in [-0.1, -0.05) is 18.5 Å². The predicted molar refractivity (Wildman–Crippen MR) is 66.8 cm³/mol. The van der Waals surface area contributed by atoms with Crippen LogP contribution in [0, 0.1) is 0 Å². The number of carbonyl (C=O) groups excluding carboxylic acids is 1. The third-order valence-electron chi connectivity index (χ3n) is 2.70. The molecular weight excluding hydrogens is 274 g/mol. The third-order valence-corrected chi connectivity index (χ3v) is 2.98. The summed E-state index contributed by atoms with van der Waals surface area (Å²) >= 11 is 5.95. The molecule has 1 aromatic rings. The molecule has 7 heteroatoms. The molecule has 0 spiro atoms. The van der Waals surface area contributed by atoms with Crippen molar-refractivity contribution < 1.29 is 24.2 Å². The highest BCUT2D eigenvalue weighted by Crippen LogP contribution is 2.39. The Morgan fingerprint density at radius 2 is 2.21 bits per heavy atom. The van der Waals surface area contributed by atoms with Gasteiger partial charge in [-0.2, -0.15) is 0 Å². The van der Waals surface area contributed by atoms with Crippen molar-refractivity contribution in [1.82, 2.24) is 5.32 Å². The highest BCUT2D eigenvalue weighted by molar-refractivity contribution is 6.32. The molecule has 1 amide bonds. The molecule has 1 unspecified atom stereocenters. The van der Waals surface area contributed by atoms with Crippen LogP contribution in [0.15, 0.2) is 12.1 Å². The lowest BCUT2D eigenvalue weighted by atomic mass is 10.1. The topological polar surface area (TPSA) is 84.9 Å². The standard InChI is InChI=1S/C12H12ClNO5/c1-2-8(12(16)17)14-11(15)6-3-7(13)10-9(4-6)18-5-19-10/h3-4,8H,2,5H2,1H3,(H,14,15)(H,16,17). The molecule has 0 aromatic heterocycles. The Kier molecular flexibility index (Phi) is 3.80. The maximum Gasteiger partial charge on any atom is 0.326 e. The van der Waals surface area contributed by atoms with Crippen LogP contribution in [0.5, 0.6) is 11.5 Å². The highest BCUT2D eigenvalue weighted by atomic mass is 35.5. The average Bonchev–Trinajstić information content (AvgIpc) is 2.83. The minimum atomic E-state index is -1.08. The minimum Gasteiger partial charge on any atom is -0.480 e. The zero-order valence-corrected chi connectivity index (χ0v) is 10.9. The van der Waals surface area contributed by atoms with Crippen molar-refractivity contribution in [2.75, 3.05) is 6.79 Å². The fraction of sp³-hybridized carbons (Fsp3) is 0.333. The molecule has 0 bridgehead atoms. The first kappa shape index (κ1) is 13.5. The smallest absolute Gasteiger partial charge is 0.326 e. The summed E-state index contributed by atoms with van der Waals surface area (Å²) in [5.41, 5.74) is 0.231. The number of carboxylic acids is 1. The molecule has 2 rings (SSSR count). The van der Waals surface area contributed by atoms with Crippen LogP contribution in [0.3, 0.4) is 0 Å². The summed E-state index contributed by atoms with van der Waals surface area (Å²) in [6.45, 7) is 1.72. The Morgan fingerprint density at radius 3 is 2.84 bits per heavy atom. The second-order valence-electron chi connectivity index (χ2n) is 3.96. The third kappa shape index (κ3) is 2.73. The SMILES string of the molecule is CCC(NC(=O)c1cc(Cl)c2c(c1)OCO2)C(=O)O. The van der Waals surface area contributed by atoms with Crippen LogP contribution >= 0.6 is 11.6 Å². The van der Waals surface area contributed by atoms with Gasteiger partial charge >= 0.3 is 5.97 Å². The highest BCUT2D eigenvalue weighted by Gasteiger charge is 2.23. The van der Waals surface area contributed by atoms with E-state index in [2.05, 4.69) is 5.32 Å². The summed E-state index contributed by atoms with van der Waals surface area (Å²) < 4.78 is 10.3. The zero-order valence-electron chi connectivity index (χ0n) is 10.1. The predicted octanol–water partition coefficient (Wildman–Crippen LogP) is 1.66. The van der Waals surface area contributed by atoms with E-state index >= 15 is 0 Å². The van der Waals surface area contributed by atoms with Crippen molar-refractivity contribution in [3.05, 3.63) is 22.7 Å². The number of aliphatic carboxylic acids is 1. The van der Waals surface area contributed by atoms with Gasteiger partial charge < -0.3 is 19.9 Å². The summed E-state index contributed by atoms with van der Waals surface area (Å²) in [6, 6.07) is 1.95. The first-order valence-electron chi connectivity index (χ1n) is 5.65. The van der Waals surface area contributed by atoms with Crippen LogP contribution in [0.1, 0.15) is 23.7 Å². The maximum absolute atomic E-state index is 11.9. The number of amides is 1. The van der Waals surface area contributed by atoms with Crippen LogP contribution in [0.2, 0.25) is 5.02 Å². The van der Waals surface area contributed by atoms with E-state index in [1.54, 1.807) is 6.92 Å². The fourth-order valence-corrected chi connectivity index (χ4v) is 1.94. The van der Waals surface area contributed by atoms with Crippen molar-refractivity contribution >= 4 is 23.5 Å². The van der Waals surface area contributed by atoms with E-state index in [1.807, 2.05) is 0 Å². The van der Waals surface area contributed by atoms with Gasteiger partial charge in [0, 0.05) is 5.56 Å². The molecule has 19 heavy (non-hydrogen) atoms. The summed E-state index contributed by atoms with van der Waals surface area (Å²) in [6.07, 6.45) is 0.291. The Bertz CT molecular complexity index is 531. The first-order chi connectivity index (χ1) is 9.02. The molecule has 1 aromatic carbocycles. The lowest BCUT2D eigenvalue weighted by molar-refractivity contribution is -0.139. The minimum absolute atomic E-state index is 0.0484. The number of benzene rings is 1. The van der Waals surface area contributed by atoms with E-state index in [0.29, 0.717) is 17.9 Å². The van der Waals surface area contributed by atoms with Crippen molar-refractivity contribution in [3.8, 4) is 11.5 Å². The van der Waals surface area contributed by atoms with Crippen LogP contribution in [-0.2, 0) is 4.79 Å². The van der Waals surface area contributed by atoms with Gasteiger partial charge in [0.2, 0.25) is 6.79 Å². The summed E-state index contributed by atoms with van der Waals surface area (Å²) in [4.78, 5) is 22.8. The monoisotopic (exact) mass is 285 g/mol. The van der Waals surface area contributed by atoms with Gasteiger partial charge in [0.05, 0.1) is 5.02 Å². The van der Waals surface area contributed by atoms with Crippen LogP contribution in [0.25, 0.3) is 0 Å². The van der Waals surface area contributed by atoms with E-state index in [-0.39, 0.29) is 17.4 Å². The molecule has 0 radical (unpaired) electrons. The first-order valence-corrected chi connectivity index (χ1v) is 6.03. The van der Waals surface area contributed by atoms with E-state index in [0.717, 1.165) is 0 Å². The molecule has 0 aliphatic carbocycles. The van der Waals surface area contributed by atoms with Crippen molar-refractivity contribution in [3.63, 3.8) is 0 Å². The largest absolute Gasteiger partial charge is 0.480 e. The molecular formula is C12H12ClNO5. The van der Waals surface area contributed by atoms with Gasteiger partial charge in [-0.05, 0) is 18.6 Å². The molecule has 2 N–H and O–H groups in total. The van der Waals surface area contributed by atoms with E-state index in [4.69, 9.17) is 26.2 Å².